The molecular formula is C11H5N2O4S2-. The van der Waals surface area contributed by atoms with Gasteiger partial charge in [0.1, 0.15) is 10.1 Å². The molecule has 1 fully saturated rings. The van der Waals surface area contributed by atoms with E-state index < -0.39 is 11.7 Å². The van der Waals surface area contributed by atoms with Crippen molar-refractivity contribution >= 4 is 44.3 Å². The van der Waals surface area contributed by atoms with Crippen LogP contribution < -0.4 is 5.11 Å². The van der Waals surface area contributed by atoms with Crippen molar-refractivity contribution in [3.8, 4) is 5.75 Å². The van der Waals surface area contributed by atoms with Gasteiger partial charge in [-0.3, -0.25) is 4.89 Å². The molecule has 4 rings (SSSR count). The first-order chi connectivity index (χ1) is 9.16. The van der Waals surface area contributed by atoms with E-state index in [1.807, 2.05) is 0 Å². The summed E-state index contributed by atoms with van der Waals surface area (Å²) >= 11 is 2.77. The van der Waals surface area contributed by atoms with E-state index in [4.69, 9.17) is 4.89 Å². The number of benzene rings is 1. The van der Waals surface area contributed by atoms with Crippen molar-refractivity contribution in [1.29, 1.82) is 0 Å². The van der Waals surface area contributed by atoms with Crippen LogP contribution in [0.1, 0.15) is 5.01 Å². The third kappa shape index (κ3) is 1.57. The Labute approximate surface area is 115 Å². The summed E-state index contributed by atoms with van der Waals surface area (Å²) in [6.45, 7) is 0. The number of rotatable bonds is 1. The number of thioether (sulfide) groups is 1. The Hall–Kier alpha value is -1.64. The molecule has 0 saturated carbocycles. The first-order valence-electron chi connectivity index (χ1n) is 5.37. The van der Waals surface area contributed by atoms with E-state index in [1.165, 1.54) is 29.2 Å². The molecule has 1 atom stereocenters. The fraction of sp³-hybridized carbons (Fsp3) is 0.182. The van der Waals surface area contributed by atoms with E-state index in [9.17, 15) is 9.90 Å². The average molecular weight is 293 g/mol. The van der Waals surface area contributed by atoms with E-state index >= 15 is 0 Å². The van der Waals surface area contributed by atoms with Crippen LogP contribution in [0.5, 0.6) is 5.75 Å². The number of carbonyl (C=O) groups is 1. The van der Waals surface area contributed by atoms with Gasteiger partial charge in [0.15, 0.2) is 0 Å². The summed E-state index contributed by atoms with van der Waals surface area (Å²) in [5.41, 5.74) is -0.428. The summed E-state index contributed by atoms with van der Waals surface area (Å²) in [5, 5.41) is 12.6. The molecule has 0 amide bonds. The molecule has 2 aliphatic heterocycles. The second kappa shape index (κ2) is 3.69. The van der Waals surface area contributed by atoms with Gasteiger partial charge in [-0.25, -0.2) is 14.8 Å². The lowest BCUT2D eigenvalue weighted by molar-refractivity contribution is -0.392. The lowest BCUT2D eigenvalue weighted by Gasteiger charge is -2.28. The molecule has 96 valence electrons. The Morgan fingerprint density at radius 3 is 3.00 bits per heavy atom. The molecule has 6 nitrogen and oxygen atoms in total. The first-order valence-corrected chi connectivity index (χ1v) is 7.17. The van der Waals surface area contributed by atoms with Crippen molar-refractivity contribution in [2.45, 2.75) is 5.72 Å². The van der Waals surface area contributed by atoms with E-state index in [2.05, 4.69) is 14.9 Å². The standard InChI is InChI=1S/C11H6N2O4S2/c14-5-1-2-6-7(3-5)19-8(12-6)9-13-11(4-18-9)10(15)16-17-11/h1-3,14H,4H2/p-1/t11-/m0/s1. The van der Waals surface area contributed by atoms with Crippen LogP contribution in [0.3, 0.4) is 0 Å². The summed E-state index contributed by atoms with van der Waals surface area (Å²) in [7, 11) is 0. The molecule has 3 heterocycles. The summed E-state index contributed by atoms with van der Waals surface area (Å²) in [6.07, 6.45) is 0. The van der Waals surface area contributed by atoms with Crippen LogP contribution in [0.4, 0.5) is 0 Å². The van der Waals surface area contributed by atoms with Crippen LogP contribution >= 0.6 is 23.1 Å². The van der Waals surface area contributed by atoms with Crippen molar-refractivity contribution in [2.75, 3.05) is 5.75 Å². The maximum atomic E-state index is 11.3. The highest BCUT2D eigenvalue weighted by molar-refractivity contribution is 8.15. The molecular weight excluding hydrogens is 288 g/mol. The van der Waals surface area contributed by atoms with Gasteiger partial charge in [0.2, 0.25) is 0 Å². The predicted octanol–water partition coefficient (Wildman–Crippen LogP) is 1.05. The van der Waals surface area contributed by atoms with Gasteiger partial charge in [0.25, 0.3) is 0 Å². The smallest absolute Gasteiger partial charge is 0.401 e. The molecule has 0 bridgehead atoms. The molecule has 2 aromatic rings. The van der Waals surface area contributed by atoms with Crippen LogP contribution in [-0.4, -0.2) is 27.5 Å². The predicted molar refractivity (Wildman–Crippen MR) is 68.0 cm³/mol. The minimum atomic E-state index is -1.18. The summed E-state index contributed by atoms with van der Waals surface area (Å²) in [5.74, 6) is -0.131. The Morgan fingerprint density at radius 2 is 2.32 bits per heavy atom. The zero-order valence-electron chi connectivity index (χ0n) is 9.28. The van der Waals surface area contributed by atoms with E-state index in [1.54, 1.807) is 12.1 Å². The third-order valence-corrected chi connectivity index (χ3v) is 5.05. The van der Waals surface area contributed by atoms with Crippen LogP contribution in [0, 0.1) is 0 Å². The maximum absolute atomic E-state index is 11.3. The first kappa shape index (κ1) is 11.2. The highest BCUT2D eigenvalue weighted by Gasteiger charge is 2.56. The molecule has 1 aromatic heterocycles. The van der Waals surface area contributed by atoms with E-state index in [0.29, 0.717) is 15.8 Å². The minimum absolute atomic E-state index is 0.0499. The lowest BCUT2D eigenvalue weighted by atomic mass is 10.2. The maximum Gasteiger partial charge on any atom is 0.401 e. The Morgan fingerprint density at radius 1 is 1.42 bits per heavy atom. The molecule has 0 unspecified atom stereocenters. The molecule has 0 N–H and O–H groups in total. The molecule has 19 heavy (non-hydrogen) atoms. The van der Waals surface area contributed by atoms with Gasteiger partial charge in [-0.2, -0.15) is 0 Å². The normalized spacial score (nSPS) is 25.5. The second-order valence-electron chi connectivity index (χ2n) is 4.09. The average Bonchev–Trinajstić information content (AvgIpc) is 3.01. The van der Waals surface area contributed by atoms with Crippen LogP contribution in [0.2, 0.25) is 0 Å². The highest BCUT2D eigenvalue weighted by Crippen LogP contribution is 2.39. The van der Waals surface area contributed by atoms with Gasteiger partial charge >= 0.3 is 11.7 Å². The fourth-order valence-corrected chi connectivity index (χ4v) is 3.94. The Bertz CT molecular complexity index is 741. The van der Waals surface area contributed by atoms with Crippen LogP contribution in [0.15, 0.2) is 23.2 Å². The number of carbonyl (C=O) groups excluding carboxylic acids is 1. The molecule has 1 spiro atoms. The number of hydrogen-bond acceptors (Lipinski definition) is 8. The Balaban J connectivity index is 1.77. The number of nitrogens with zero attached hydrogens (tertiary/aromatic N) is 2. The number of aliphatic imine (C=N–C) groups is 1. The zero-order chi connectivity index (χ0) is 13.0. The highest BCUT2D eigenvalue weighted by atomic mass is 32.2. The fourth-order valence-electron chi connectivity index (χ4n) is 1.82. The van der Waals surface area contributed by atoms with Crippen molar-refractivity contribution < 1.29 is 19.7 Å². The van der Waals surface area contributed by atoms with Gasteiger partial charge in [-0.15, -0.1) is 22.0 Å². The number of hydrogen-bond donors (Lipinski definition) is 0. The van der Waals surface area contributed by atoms with Gasteiger partial charge in [0, 0.05) is 0 Å². The molecule has 1 aromatic carbocycles. The van der Waals surface area contributed by atoms with E-state index in [0.717, 1.165) is 10.2 Å². The quantitative estimate of drug-likeness (QED) is 0.731. The SMILES string of the molecule is O=C1OO[C@@]12CSC(c1nc3ccc([O-])cc3s1)=N2. The van der Waals surface area contributed by atoms with Crippen molar-refractivity contribution in [1.82, 2.24) is 4.98 Å². The summed E-state index contributed by atoms with van der Waals surface area (Å²) in [6, 6.07) is 4.70. The van der Waals surface area contributed by atoms with Gasteiger partial charge in [0.05, 0.1) is 16.0 Å². The van der Waals surface area contributed by atoms with Crippen molar-refractivity contribution in [3.63, 3.8) is 0 Å². The number of aromatic nitrogens is 1. The summed E-state index contributed by atoms with van der Waals surface area (Å²) < 4.78 is 0.809. The van der Waals surface area contributed by atoms with Crippen LogP contribution in [-0.2, 0) is 14.6 Å². The van der Waals surface area contributed by atoms with Crippen LogP contribution in [0.25, 0.3) is 10.2 Å². The van der Waals surface area contributed by atoms with E-state index in [-0.39, 0.29) is 5.75 Å². The lowest BCUT2D eigenvalue weighted by Crippen LogP contribution is -2.51. The summed E-state index contributed by atoms with van der Waals surface area (Å²) in [4.78, 5) is 29.1. The topological polar surface area (TPSA) is 83.8 Å². The minimum Gasteiger partial charge on any atom is -0.872 e. The van der Waals surface area contributed by atoms with Gasteiger partial charge in [-0.1, -0.05) is 23.9 Å². The van der Waals surface area contributed by atoms with Crippen molar-refractivity contribution in [2.24, 2.45) is 4.99 Å². The number of fused-ring (bicyclic) bond motifs is 1. The van der Waals surface area contributed by atoms with Gasteiger partial charge in [-0.05, 0) is 6.07 Å². The monoisotopic (exact) mass is 293 g/mol. The molecule has 2 aliphatic rings. The largest absolute Gasteiger partial charge is 0.872 e. The zero-order valence-corrected chi connectivity index (χ0v) is 10.9. The molecule has 0 aliphatic carbocycles. The Kier molecular flexibility index (Phi) is 2.17. The number of thiazole rings is 1. The molecule has 1 saturated heterocycles. The molecule has 0 radical (unpaired) electrons. The third-order valence-electron chi connectivity index (χ3n) is 2.80. The second-order valence-corrected chi connectivity index (χ2v) is 6.09. The van der Waals surface area contributed by atoms with Gasteiger partial charge < -0.3 is 5.11 Å². The van der Waals surface area contributed by atoms with Crippen molar-refractivity contribution in [3.05, 3.63) is 23.2 Å². The molecule has 8 heteroatoms.